The molecule has 1 aliphatic rings. The maximum atomic E-state index is 11.7. The molecule has 6 heteroatoms. The van der Waals surface area contributed by atoms with Crippen LogP contribution in [-0.4, -0.2) is 81.0 Å². The molecule has 1 heterocycles. The summed E-state index contributed by atoms with van der Waals surface area (Å²) in [5.74, 6) is 0. The van der Waals surface area contributed by atoms with E-state index in [0.29, 0.717) is 25.7 Å². The van der Waals surface area contributed by atoms with Crippen LogP contribution in [0, 0.1) is 0 Å². The highest BCUT2D eigenvalue weighted by Gasteiger charge is 2.33. The lowest BCUT2D eigenvalue weighted by Gasteiger charge is -2.40. The molecular weight excluding hydrogens is 258 g/mol. The zero-order valence-electron chi connectivity index (χ0n) is 13.4. The van der Waals surface area contributed by atoms with Gasteiger partial charge in [0.15, 0.2) is 0 Å². The van der Waals surface area contributed by atoms with E-state index in [0.717, 1.165) is 19.7 Å². The molecule has 0 radical (unpaired) electrons. The van der Waals surface area contributed by atoms with Crippen molar-refractivity contribution in [2.45, 2.75) is 32.4 Å². The third-order valence-corrected chi connectivity index (χ3v) is 2.90. The van der Waals surface area contributed by atoms with Crippen molar-refractivity contribution in [1.29, 1.82) is 0 Å². The topological polar surface area (TPSA) is 54.0 Å². The van der Waals surface area contributed by atoms with Crippen LogP contribution in [-0.2, 0) is 9.47 Å². The maximum absolute atomic E-state index is 11.7. The number of ether oxygens (including phenoxy) is 2. The molecule has 1 N–H and O–H groups in total. The van der Waals surface area contributed by atoms with Crippen LogP contribution >= 0.6 is 0 Å². The number of hydrogen-bond donors (Lipinski definition) is 1. The minimum atomic E-state index is -0.421. The number of likely N-dealkylation sites (N-methyl/N-ethyl adjacent to an activating group) is 1. The molecule has 118 valence electrons. The van der Waals surface area contributed by atoms with Crippen molar-refractivity contribution in [3.05, 3.63) is 0 Å². The summed E-state index contributed by atoms with van der Waals surface area (Å²) in [4.78, 5) is 15.5. The summed E-state index contributed by atoms with van der Waals surface area (Å²) in [6.07, 6.45) is -0.224. The van der Waals surface area contributed by atoms with Gasteiger partial charge in [0.1, 0.15) is 5.60 Å². The average molecular weight is 287 g/mol. The Morgan fingerprint density at radius 2 is 1.95 bits per heavy atom. The number of nitrogens with zero attached hydrogens (tertiary/aromatic N) is 2. The van der Waals surface area contributed by atoms with Crippen LogP contribution in [0.25, 0.3) is 0 Å². The van der Waals surface area contributed by atoms with Crippen molar-refractivity contribution >= 4 is 6.09 Å². The summed E-state index contributed by atoms with van der Waals surface area (Å²) in [5, 5.41) is 3.37. The molecule has 1 amide bonds. The molecule has 0 atom stereocenters. The van der Waals surface area contributed by atoms with E-state index in [9.17, 15) is 4.79 Å². The highest BCUT2D eigenvalue weighted by molar-refractivity contribution is 5.69. The monoisotopic (exact) mass is 287 g/mol. The second kappa shape index (κ2) is 7.81. The first kappa shape index (κ1) is 17.2. The Bertz CT molecular complexity index is 297. The van der Waals surface area contributed by atoms with Crippen LogP contribution < -0.4 is 5.32 Å². The molecule has 1 rings (SSSR count). The smallest absolute Gasteiger partial charge is 0.410 e. The summed E-state index contributed by atoms with van der Waals surface area (Å²) in [7, 11) is 4.06. The van der Waals surface area contributed by atoms with Gasteiger partial charge in [-0.05, 0) is 34.9 Å². The minimum absolute atomic E-state index is 0.224. The van der Waals surface area contributed by atoms with Crippen molar-refractivity contribution < 1.29 is 14.3 Å². The first-order chi connectivity index (χ1) is 9.28. The standard InChI is InChI=1S/C14H29N3O3/c1-14(2,3)20-13(18)17-10-12(11-17)15-6-8-19-9-7-16(4)5/h12,15H,6-11H2,1-5H3. The zero-order valence-corrected chi connectivity index (χ0v) is 13.4. The summed E-state index contributed by atoms with van der Waals surface area (Å²) in [6, 6.07) is 0.361. The van der Waals surface area contributed by atoms with Gasteiger partial charge < -0.3 is 24.6 Å². The van der Waals surface area contributed by atoms with E-state index in [1.54, 1.807) is 4.90 Å². The molecule has 1 saturated heterocycles. The second-order valence-electron chi connectivity index (χ2n) is 6.45. The normalized spacial score (nSPS) is 16.4. The van der Waals surface area contributed by atoms with Crippen LogP contribution in [0.4, 0.5) is 4.79 Å². The lowest BCUT2D eigenvalue weighted by Crippen LogP contribution is -2.60. The maximum Gasteiger partial charge on any atom is 0.410 e. The fraction of sp³-hybridized carbons (Fsp3) is 0.929. The Hall–Kier alpha value is -0.850. The van der Waals surface area contributed by atoms with Crippen molar-refractivity contribution in [1.82, 2.24) is 15.1 Å². The van der Waals surface area contributed by atoms with E-state index in [-0.39, 0.29) is 6.09 Å². The van der Waals surface area contributed by atoms with E-state index >= 15 is 0 Å². The van der Waals surface area contributed by atoms with Gasteiger partial charge in [0, 0.05) is 32.2 Å². The molecule has 0 aromatic carbocycles. The van der Waals surface area contributed by atoms with Gasteiger partial charge >= 0.3 is 6.09 Å². The molecule has 0 saturated carbocycles. The largest absolute Gasteiger partial charge is 0.444 e. The van der Waals surface area contributed by atoms with E-state index in [1.807, 2.05) is 34.9 Å². The lowest BCUT2D eigenvalue weighted by molar-refractivity contribution is 0.00452. The number of hydrogen-bond acceptors (Lipinski definition) is 5. The van der Waals surface area contributed by atoms with Gasteiger partial charge in [-0.15, -0.1) is 0 Å². The third kappa shape index (κ3) is 7.07. The predicted octanol–water partition coefficient (Wildman–Crippen LogP) is 0.774. The van der Waals surface area contributed by atoms with Crippen LogP contribution in [0.3, 0.4) is 0 Å². The van der Waals surface area contributed by atoms with Crippen molar-refractivity contribution in [2.24, 2.45) is 0 Å². The SMILES string of the molecule is CN(C)CCOCCNC1CN(C(=O)OC(C)(C)C)C1. The van der Waals surface area contributed by atoms with E-state index in [1.165, 1.54) is 0 Å². The Balaban J connectivity index is 1.98. The second-order valence-corrected chi connectivity index (χ2v) is 6.45. The lowest BCUT2D eigenvalue weighted by atomic mass is 10.1. The van der Waals surface area contributed by atoms with Gasteiger partial charge in [0.05, 0.1) is 13.2 Å². The molecule has 1 fully saturated rings. The average Bonchev–Trinajstić information content (AvgIpc) is 2.21. The van der Waals surface area contributed by atoms with Gasteiger partial charge in [-0.2, -0.15) is 0 Å². The highest BCUT2D eigenvalue weighted by atomic mass is 16.6. The van der Waals surface area contributed by atoms with Crippen molar-refractivity contribution in [2.75, 3.05) is 53.5 Å². The quantitative estimate of drug-likeness (QED) is 0.701. The third-order valence-electron chi connectivity index (χ3n) is 2.90. The summed E-state index contributed by atoms with van der Waals surface area (Å²) in [6.45, 7) is 10.3. The molecule has 0 aromatic heterocycles. The van der Waals surface area contributed by atoms with Gasteiger partial charge in [-0.1, -0.05) is 0 Å². The number of rotatable bonds is 7. The van der Waals surface area contributed by atoms with Crippen LogP contribution in [0.5, 0.6) is 0 Å². The van der Waals surface area contributed by atoms with Crippen LogP contribution in [0.2, 0.25) is 0 Å². The van der Waals surface area contributed by atoms with E-state index < -0.39 is 5.60 Å². The Kier molecular flexibility index (Phi) is 6.71. The number of likely N-dealkylation sites (tertiary alicyclic amines) is 1. The Morgan fingerprint density at radius 1 is 1.30 bits per heavy atom. The summed E-state index contributed by atoms with van der Waals surface area (Å²) < 4.78 is 10.8. The number of nitrogens with one attached hydrogen (secondary N) is 1. The number of carbonyl (C=O) groups excluding carboxylic acids is 1. The number of carbonyl (C=O) groups is 1. The van der Waals surface area contributed by atoms with Gasteiger partial charge in [0.2, 0.25) is 0 Å². The van der Waals surface area contributed by atoms with Crippen molar-refractivity contribution in [3.8, 4) is 0 Å². The predicted molar refractivity (Wildman–Crippen MR) is 79.0 cm³/mol. The summed E-state index contributed by atoms with van der Waals surface area (Å²) in [5.41, 5.74) is -0.421. The first-order valence-corrected chi connectivity index (χ1v) is 7.22. The van der Waals surface area contributed by atoms with Gasteiger partial charge in [-0.3, -0.25) is 0 Å². The van der Waals surface area contributed by atoms with E-state index in [2.05, 4.69) is 10.2 Å². The molecule has 0 unspecified atom stereocenters. The molecule has 0 aromatic rings. The van der Waals surface area contributed by atoms with Gasteiger partial charge in [-0.25, -0.2) is 4.79 Å². The fourth-order valence-electron chi connectivity index (χ4n) is 1.77. The highest BCUT2D eigenvalue weighted by Crippen LogP contribution is 2.14. The number of amides is 1. The molecule has 6 nitrogen and oxygen atoms in total. The first-order valence-electron chi connectivity index (χ1n) is 7.22. The molecule has 0 bridgehead atoms. The Morgan fingerprint density at radius 3 is 2.50 bits per heavy atom. The fourth-order valence-corrected chi connectivity index (χ4v) is 1.77. The summed E-state index contributed by atoms with van der Waals surface area (Å²) >= 11 is 0. The minimum Gasteiger partial charge on any atom is -0.444 e. The van der Waals surface area contributed by atoms with E-state index in [4.69, 9.17) is 9.47 Å². The van der Waals surface area contributed by atoms with Crippen LogP contribution in [0.1, 0.15) is 20.8 Å². The van der Waals surface area contributed by atoms with Crippen molar-refractivity contribution in [3.63, 3.8) is 0 Å². The molecular formula is C14H29N3O3. The molecule has 0 spiro atoms. The molecule has 0 aliphatic carbocycles. The van der Waals surface area contributed by atoms with Gasteiger partial charge in [0.25, 0.3) is 0 Å². The Labute approximate surface area is 122 Å². The van der Waals surface area contributed by atoms with Crippen LogP contribution in [0.15, 0.2) is 0 Å². The zero-order chi connectivity index (χ0) is 15.2. The molecule has 20 heavy (non-hydrogen) atoms. The molecule has 1 aliphatic heterocycles.